The molecule has 0 amide bonds. The molecule has 0 aromatic heterocycles. The van der Waals surface area contributed by atoms with Crippen LogP contribution < -0.4 is 0 Å². The molecule has 0 saturated heterocycles. The van der Waals surface area contributed by atoms with Gasteiger partial charge in [0.05, 0.1) is 23.1 Å². The molecule has 0 unspecified atom stereocenters. The fraction of sp³-hybridized carbons (Fsp3) is 0.273. The Morgan fingerprint density at radius 3 is 2.50 bits per heavy atom. The average molecular weight is 205 g/mol. The molecule has 1 rings (SSSR count). The van der Waals surface area contributed by atoms with Gasteiger partial charge in [0.15, 0.2) is 0 Å². The van der Waals surface area contributed by atoms with Crippen molar-refractivity contribution in [2.75, 3.05) is 0 Å². The van der Waals surface area contributed by atoms with E-state index in [2.05, 4.69) is 6.07 Å². The second kappa shape index (κ2) is 4.65. The summed E-state index contributed by atoms with van der Waals surface area (Å²) in [4.78, 5) is 0. The van der Waals surface area contributed by atoms with E-state index in [1.54, 1.807) is 12.1 Å². The van der Waals surface area contributed by atoms with Gasteiger partial charge in [0.1, 0.15) is 6.07 Å². The van der Waals surface area contributed by atoms with E-state index >= 15 is 0 Å². The first-order chi connectivity index (χ1) is 6.72. The Kier molecular flexibility index (Phi) is 3.51. The van der Waals surface area contributed by atoms with Gasteiger partial charge in [-0.3, -0.25) is 0 Å². The third kappa shape index (κ3) is 2.05. The molecule has 0 aliphatic heterocycles. The van der Waals surface area contributed by atoms with Crippen LogP contribution >= 0.6 is 11.6 Å². The lowest BCUT2D eigenvalue weighted by molar-refractivity contribution is 1.08. The van der Waals surface area contributed by atoms with E-state index in [1.807, 2.05) is 13.0 Å². The number of nitrogens with zero attached hydrogens (tertiary/aromatic N) is 2. The minimum Gasteiger partial charge on any atom is -0.198 e. The average Bonchev–Trinajstić information content (AvgIpc) is 2.19. The Bertz CT molecular complexity index is 424. The molecular formula is C11H9ClN2. The second-order valence-electron chi connectivity index (χ2n) is 2.90. The first-order valence-electron chi connectivity index (χ1n) is 4.31. The summed E-state index contributed by atoms with van der Waals surface area (Å²) < 4.78 is 0. The minimum atomic E-state index is 0.342. The van der Waals surface area contributed by atoms with Gasteiger partial charge in [-0.25, -0.2) is 0 Å². The fourth-order valence-corrected chi connectivity index (χ4v) is 1.55. The van der Waals surface area contributed by atoms with Crippen molar-refractivity contribution in [3.8, 4) is 12.1 Å². The lowest BCUT2D eigenvalue weighted by atomic mass is 10.0. The van der Waals surface area contributed by atoms with E-state index in [9.17, 15) is 0 Å². The highest BCUT2D eigenvalue weighted by atomic mass is 35.5. The molecule has 0 N–H and O–H groups in total. The van der Waals surface area contributed by atoms with Gasteiger partial charge < -0.3 is 0 Å². The van der Waals surface area contributed by atoms with Crippen molar-refractivity contribution in [1.29, 1.82) is 10.5 Å². The third-order valence-electron chi connectivity index (χ3n) is 2.06. The van der Waals surface area contributed by atoms with Crippen molar-refractivity contribution in [2.24, 2.45) is 0 Å². The Morgan fingerprint density at radius 2 is 2.00 bits per heavy atom. The van der Waals surface area contributed by atoms with Crippen LogP contribution in [0.4, 0.5) is 0 Å². The van der Waals surface area contributed by atoms with Crippen LogP contribution in [0.25, 0.3) is 0 Å². The van der Waals surface area contributed by atoms with E-state index in [4.69, 9.17) is 22.1 Å². The van der Waals surface area contributed by atoms with E-state index in [1.165, 1.54) is 0 Å². The van der Waals surface area contributed by atoms with Crippen LogP contribution in [0.5, 0.6) is 0 Å². The van der Waals surface area contributed by atoms with Crippen LogP contribution in [0.3, 0.4) is 0 Å². The van der Waals surface area contributed by atoms with Gasteiger partial charge in [-0.1, -0.05) is 18.5 Å². The van der Waals surface area contributed by atoms with E-state index in [-0.39, 0.29) is 0 Å². The zero-order chi connectivity index (χ0) is 10.6. The molecule has 0 aliphatic rings. The second-order valence-corrected chi connectivity index (χ2v) is 3.31. The Hall–Kier alpha value is -1.51. The largest absolute Gasteiger partial charge is 0.198 e. The van der Waals surface area contributed by atoms with Gasteiger partial charge in [-0.15, -0.1) is 0 Å². The molecule has 1 aromatic carbocycles. The monoisotopic (exact) mass is 204 g/mol. The summed E-state index contributed by atoms with van der Waals surface area (Å²) in [6, 6.07) is 7.58. The number of rotatable bonds is 2. The SMILES string of the molecule is CCc1cc(C#N)c(Cl)cc1CC#N. The summed E-state index contributed by atoms with van der Waals surface area (Å²) in [7, 11) is 0. The number of hydrogen-bond donors (Lipinski definition) is 0. The van der Waals surface area contributed by atoms with E-state index in [0.717, 1.165) is 17.5 Å². The third-order valence-corrected chi connectivity index (χ3v) is 2.37. The first kappa shape index (κ1) is 10.6. The molecule has 0 aliphatic carbocycles. The Labute approximate surface area is 88.3 Å². The van der Waals surface area contributed by atoms with Crippen LogP contribution in [0.2, 0.25) is 5.02 Å². The normalized spacial score (nSPS) is 9.14. The lowest BCUT2D eigenvalue weighted by Crippen LogP contribution is -1.93. The maximum atomic E-state index is 8.76. The summed E-state index contributed by atoms with van der Waals surface area (Å²) in [6.45, 7) is 1.99. The Morgan fingerprint density at radius 1 is 1.29 bits per heavy atom. The van der Waals surface area contributed by atoms with Crippen molar-refractivity contribution in [2.45, 2.75) is 19.8 Å². The highest BCUT2D eigenvalue weighted by Gasteiger charge is 2.06. The zero-order valence-electron chi connectivity index (χ0n) is 7.84. The maximum absolute atomic E-state index is 8.76. The molecule has 0 atom stereocenters. The van der Waals surface area contributed by atoms with Crippen LogP contribution in [0.1, 0.15) is 23.6 Å². The lowest BCUT2D eigenvalue weighted by Gasteiger charge is -2.05. The maximum Gasteiger partial charge on any atom is 0.101 e. The summed E-state index contributed by atoms with van der Waals surface area (Å²) in [5.74, 6) is 0. The Balaban J connectivity index is 3.27. The molecule has 0 fully saturated rings. The summed E-state index contributed by atoms with van der Waals surface area (Å²) in [5, 5.41) is 17.8. The predicted molar refractivity (Wildman–Crippen MR) is 54.9 cm³/mol. The molecule has 1 aromatic rings. The van der Waals surface area contributed by atoms with Gasteiger partial charge in [0, 0.05) is 0 Å². The fourth-order valence-electron chi connectivity index (χ4n) is 1.32. The number of benzene rings is 1. The highest BCUT2D eigenvalue weighted by molar-refractivity contribution is 6.31. The predicted octanol–water partition coefficient (Wildman–Crippen LogP) is 2.84. The van der Waals surface area contributed by atoms with Crippen LogP contribution in [-0.4, -0.2) is 0 Å². The highest BCUT2D eigenvalue weighted by Crippen LogP contribution is 2.21. The quantitative estimate of drug-likeness (QED) is 0.744. The van der Waals surface area contributed by atoms with Gasteiger partial charge in [0.25, 0.3) is 0 Å². The molecular weight excluding hydrogens is 196 g/mol. The van der Waals surface area contributed by atoms with Crippen molar-refractivity contribution < 1.29 is 0 Å². The van der Waals surface area contributed by atoms with Crippen molar-refractivity contribution >= 4 is 11.6 Å². The molecule has 0 heterocycles. The van der Waals surface area contributed by atoms with E-state index in [0.29, 0.717) is 17.0 Å². The van der Waals surface area contributed by atoms with E-state index < -0.39 is 0 Å². The van der Waals surface area contributed by atoms with Gasteiger partial charge in [-0.2, -0.15) is 10.5 Å². The van der Waals surface area contributed by atoms with Gasteiger partial charge >= 0.3 is 0 Å². The molecule has 0 saturated carbocycles. The molecule has 0 bridgehead atoms. The molecule has 0 spiro atoms. The topological polar surface area (TPSA) is 47.6 Å². The number of hydrogen-bond acceptors (Lipinski definition) is 2. The standard InChI is InChI=1S/C11H9ClN2/c1-2-8-5-10(7-14)11(12)6-9(8)3-4-13/h5-6H,2-3H2,1H3. The van der Waals surface area contributed by atoms with Crippen molar-refractivity contribution in [3.63, 3.8) is 0 Å². The van der Waals surface area contributed by atoms with Crippen molar-refractivity contribution in [1.82, 2.24) is 0 Å². The molecule has 14 heavy (non-hydrogen) atoms. The number of halogens is 1. The molecule has 3 heteroatoms. The van der Waals surface area contributed by atoms with Gasteiger partial charge in [-0.05, 0) is 29.7 Å². The molecule has 70 valence electrons. The zero-order valence-corrected chi connectivity index (χ0v) is 8.60. The summed E-state index contributed by atoms with van der Waals surface area (Å²) in [6.07, 6.45) is 1.15. The van der Waals surface area contributed by atoms with Crippen LogP contribution in [-0.2, 0) is 12.8 Å². The molecule has 0 radical (unpaired) electrons. The number of nitriles is 2. The summed E-state index contributed by atoms with van der Waals surface area (Å²) in [5.41, 5.74) is 2.41. The molecule has 2 nitrogen and oxygen atoms in total. The minimum absolute atomic E-state index is 0.342. The number of aryl methyl sites for hydroxylation is 1. The summed E-state index contributed by atoms with van der Waals surface area (Å²) >= 11 is 5.86. The van der Waals surface area contributed by atoms with Crippen LogP contribution in [0.15, 0.2) is 12.1 Å². The van der Waals surface area contributed by atoms with Gasteiger partial charge in [0.2, 0.25) is 0 Å². The smallest absolute Gasteiger partial charge is 0.101 e. The van der Waals surface area contributed by atoms with Crippen molar-refractivity contribution in [3.05, 3.63) is 33.8 Å². The van der Waals surface area contributed by atoms with Crippen LogP contribution in [0, 0.1) is 22.7 Å². The first-order valence-corrected chi connectivity index (χ1v) is 4.69.